The number of fused-ring (bicyclic) bond motifs is 2. The summed E-state index contributed by atoms with van der Waals surface area (Å²) in [6.07, 6.45) is 7.65. The van der Waals surface area contributed by atoms with Gasteiger partial charge >= 0.3 is 0 Å². The summed E-state index contributed by atoms with van der Waals surface area (Å²) in [6, 6.07) is 60.3. The van der Waals surface area contributed by atoms with E-state index in [4.69, 9.17) is 0 Å². The molecule has 0 saturated heterocycles. The van der Waals surface area contributed by atoms with Gasteiger partial charge in [0.05, 0.1) is 22.4 Å². The molecular formula is C50H40IrN6OS-2. The van der Waals surface area contributed by atoms with Gasteiger partial charge < -0.3 is 5.32 Å². The maximum Gasteiger partial charge on any atom is 0.221 e. The Kier molecular flexibility index (Phi) is 16.1. The number of benzene rings is 4. The molecule has 0 fully saturated rings. The fourth-order valence-corrected chi connectivity index (χ4v) is 6.74. The summed E-state index contributed by atoms with van der Waals surface area (Å²) in [4.78, 5) is 34.0. The van der Waals surface area contributed by atoms with E-state index in [1.165, 1.54) is 16.3 Å². The molecule has 9 rings (SSSR count). The van der Waals surface area contributed by atoms with Crippen LogP contribution in [-0.4, -0.2) is 36.6 Å². The number of para-hydroxylation sites is 2. The van der Waals surface area contributed by atoms with Crippen molar-refractivity contribution in [1.29, 1.82) is 0 Å². The Morgan fingerprint density at radius 2 is 1.15 bits per heavy atom. The van der Waals surface area contributed by atoms with Crippen LogP contribution < -0.4 is 5.32 Å². The Morgan fingerprint density at radius 1 is 0.542 bits per heavy atom. The van der Waals surface area contributed by atoms with Crippen molar-refractivity contribution in [2.45, 2.75) is 18.7 Å². The number of carbonyl (C=O) groups is 1. The maximum absolute atomic E-state index is 11.9. The number of carbonyl (C=O) groups excluding carboxylic acids is 1. The molecule has 5 heterocycles. The van der Waals surface area contributed by atoms with Gasteiger partial charge in [0, 0.05) is 69.4 Å². The summed E-state index contributed by atoms with van der Waals surface area (Å²) in [5.74, 6) is 1.72. The summed E-state index contributed by atoms with van der Waals surface area (Å²) in [7, 11) is 0. The van der Waals surface area contributed by atoms with Crippen molar-refractivity contribution in [2.75, 3.05) is 5.75 Å². The molecule has 4 aromatic carbocycles. The molecule has 0 atom stereocenters. The van der Waals surface area contributed by atoms with Crippen molar-refractivity contribution in [3.05, 3.63) is 212 Å². The van der Waals surface area contributed by atoms with Crippen LogP contribution in [0.25, 0.3) is 55.7 Å². The normalized spacial score (nSPS) is 10.3. The van der Waals surface area contributed by atoms with Crippen LogP contribution in [0.4, 0.5) is 0 Å². The van der Waals surface area contributed by atoms with E-state index in [1.54, 1.807) is 30.4 Å². The zero-order chi connectivity index (χ0) is 39.6. The minimum atomic E-state index is 0. The van der Waals surface area contributed by atoms with Crippen molar-refractivity contribution in [3.8, 4) is 33.9 Å². The van der Waals surface area contributed by atoms with Gasteiger partial charge in [-0.2, -0.15) is 11.8 Å². The third kappa shape index (κ3) is 12.8. The number of thioether (sulfide) groups is 1. The number of nitrogens with one attached hydrogen (secondary N) is 1. The zero-order valence-corrected chi connectivity index (χ0v) is 35.3. The number of aromatic nitrogens is 5. The van der Waals surface area contributed by atoms with Crippen molar-refractivity contribution < 1.29 is 24.9 Å². The van der Waals surface area contributed by atoms with Gasteiger partial charge in [-0.15, -0.1) is 71.8 Å². The Morgan fingerprint density at radius 3 is 1.71 bits per heavy atom. The van der Waals surface area contributed by atoms with Gasteiger partial charge in [0.25, 0.3) is 0 Å². The molecule has 1 amide bonds. The Bertz CT molecular complexity index is 2520. The third-order valence-corrected chi connectivity index (χ3v) is 9.90. The van der Waals surface area contributed by atoms with Gasteiger partial charge in [0.2, 0.25) is 5.91 Å². The second-order valence-corrected chi connectivity index (χ2v) is 14.1. The van der Waals surface area contributed by atoms with E-state index in [9.17, 15) is 4.79 Å². The molecule has 0 spiro atoms. The summed E-state index contributed by atoms with van der Waals surface area (Å²) < 4.78 is 0. The number of hydrogen-bond donors (Lipinski definition) is 1. The number of hydrogen-bond acceptors (Lipinski definition) is 7. The predicted molar refractivity (Wildman–Crippen MR) is 236 cm³/mol. The average molecular weight is 965 g/mol. The van der Waals surface area contributed by atoms with E-state index < -0.39 is 0 Å². The van der Waals surface area contributed by atoms with Gasteiger partial charge in [-0.25, -0.2) is 0 Å². The van der Waals surface area contributed by atoms with Crippen molar-refractivity contribution in [3.63, 3.8) is 0 Å². The van der Waals surface area contributed by atoms with E-state index in [0.717, 1.165) is 62.0 Å². The molecule has 7 nitrogen and oxygen atoms in total. The molecule has 0 unspecified atom stereocenters. The van der Waals surface area contributed by atoms with E-state index >= 15 is 0 Å². The Balaban J connectivity index is 0.000000154. The number of pyridine rings is 5. The molecular weight excluding hydrogens is 925 g/mol. The van der Waals surface area contributed by atoms with Gasteiger partial charge in [-0.1, -0.05) is 78.9 Å². The summed E-state index contributed by atoms with van der Waals surface area (Å²) in [5, 5.41) is 5.27. The summed E-state index contributed by atoms with van der Waals surface area (Å²) in [6.45, 7) is 0.488. The number of rotatable bonds is 10. The van der Waals surface area contributed by atoms with Crippen LogP contribution in [-0.2, 0) is 37.2 Å². The first kappa shape index (κ1) is 42.2. The van der Waals surface area contributed by atoms with E-state index in [1.807, 2.05) is 146 Å². The molecule has 0 saturated carbocycles. The van der Waals surface area contributed by atoms with Crippen LogP contribution in [0, 0.1) is 12.1 Å². The minimum Gasteiger partial charge on any atom is -0.352 e. The van der Waals surface area contributed by atoms with E-state index in [2.05, 4.69) is 66.6 Å². The first-order valence-electron chi connectivity index (χ1n) is 18.9. The summed E-state index contributed by atoms with van der Waals surface area (Å²) >= 11 is 1.74. The van der Waals surface area contributed by atoms with E-state index in [-0.39, 0.29) is 26.0 Å². The van der Waals surface area contributed by atoms with Crippen LogP contribution in [0.3, 0.4) is 0 Å². The largest absolute Gasteiger partial charge is 0.352 e. The molecule has 9 heteroatoms. The average Bonchev–Trinajstić information content (AvgIpc) is 3.31. The van der Waals surface area contributed by atoms with E-state index in [0.29, 0.717) is 13.0 Å². The van der Waals surface area contributed by atoms with Crippen LogP contribution in [0.5, 0.6) is 0 Å². The van der Waals surface area contributed by atoms with Crippen LogP contribution in [0.15, 0.2) is 189 Å². The molecule has 5 aromatic heterocycles. The molecule has 0 aliphatic rings. The minimum absolute atomic E-state index is 0. The Hall–Kier alpha value is -6.38. The van der Waals surface area contributed by atoms with Gasteiger partial charge in [0.1, 0.15) is 0 Å². The fourth-order valence-electron chi connectivity index (χ4n) is 5.86. The van der Waals surface area contributed by atoms with Crippen molar-refractivity contribution in [2.24, 2.45) is 0 Å². The third-order valence-electron chi connectivity index (χ3n) is 8.87. The second-order valence-electron chi connectivity index (χ2n) is 13.0. The first-order chi connectivity index (χ1) is 28.7. The molecule has 1 radical (unpaired) electrons. The SMILES string of the molecule is O=C(CCSCc1cccnc1)NCc1ccc(-c2ccccn2)nc1.[Ir].[c-]1ccccc1-c1ccc2ccccc2n1.[c-]1ccccc1-c1ccc2ccccc2n1. The second kappa shape index (κ2) is 22.5. The monoisotopic (exact) mass is 965 g/mol. The van der Waals surface area contributed by atoms with Crippen molar-refractivity contribution >= 4 is 39.5 Å². The zero-order valence-electron chi connectivity index (χ0n) is 32.1. The van der Waals surface area contributed by atoms with Gasteiger partial charge in [0.15, 0.2) is 0 Å². The van der Waals surface area contributed by atoms with Gasteiger partial charge in [-0.05, 0) is 69.7 Å². The fraction of sp³-hybridized carbons (Fsp3) is 0.0800. The first-order valence-corrected chi connectivity index (χ1v) is 20.1. The smallest absolute Gasteiger partial charge is 0.221 e. The molecule has 293 valence electrons. The predicted octanol–water partition coefficient (Wildman–Crippen LogP) is 10.9. The molecule has 0 aliphatic heterocycles. The molecule has 59 heavy (non-hydrogen) atoms. The number of amides is 1. The topological polar surface area (TPSA) is 93.6 Å². The van der Waals surface area contributed by atoms with Crippen molar-refractivity contribution in [1.82, 2.24) is 30.2 Å². The molecule has 1 N–H and O–H groups in total. The summed E-state index contributed by atoms with van der Waals surface area (Å²) in [5.41, 5.74) is 9.88. The molecule has 9 aromatic rings. The quantitative estimate of drug-likeness (QED) is 0.108. The van der Waals surface area contributed by atoms with Crippen LogP contribution in [0.1, 0.15) is 17.5 Å². The Labute approximate surface area is 362 Å². The maximum atomic E-state index is 11.9. The van der Waals surface area contributed by atoms with Crippen LogP contribution in [0.2, 0.25) is 0 Å². The number of nitrogens with zero attached hydrogens (tertiary/aromatic N) is 5. The molecule has 0 bridgehead atoms. The van der Waals surface area contributed by atoms with Gasteiger partial charge in [-0.3, -0.25) is 29.7 Å². The standard InChI is InChI=1S/C20H20N4OS.2C15H10N.Ir/c25-20(8-11-26-15-17-4-3-9-21-12-17)24-14-16-6-7-19(23-13-16)18-5-1-2-10-22-18;2*1-2-6-12(7-3-1)15-11-10-13-8-4-5-9-14(13)16-15;/h1-7,9-10,12-13H,8,11,14-15H2,(H,24,25);2*1-6,8-11H;/q;2*-1;. The van der Waals surface area contributed by atoms with Crippen LogP contribution >= 0.6 is 11.8 Å². The molecule has 0 aliphatic carbocycles.